The van der Waals surface area contributed by atoms with Gasteiger partial charge in [-0.3, -0.25) is 0 Å². The zero-order valence-electron chi connectivity index (χ0n) is 16.2. The molecule has 2 aliphatic carbocycles. The van der Waals surface area contributed by atoms with Gasteiger partial charge in [-0.1, -0.05) is 0 Å². The first kappa shape index (κ1) is 18.7. The molecule has 0 heterocycles. The van der Waals surface area contributed by atoms with Gasteiger partial charge in [0.2, 0.25) is 0 Å². The van der Waals surface area contributed by atoms with Crippen molar-refractivity contribution in [3.05, 3.63) is 77.9 Å². The molecule has 2 bridgehead atoms. The molecule has 0 aromatic heterocycles. The van der Waals surface area contributed by atoms with E-state index >= 15 is 0 Å². The first-order valence-corrected chi connectivity index (χ1v) is 10.6. The number of carbonyl (C=O) groups excluding carboxylic acids is 1. The van der Waals surface area contributed by atoms with Gasteiger partial charge in [0.25, 0.3) is 0 Å². The fourth-order valence-electron chi connectivity index (χ4n) is 5.90. The van der Waals surface area contributed by atoms with Crippen LogP contribution in [0.2, 0.25) is 0 Å². The Morgan fingerprint density at radius 3 is 1.93 bits per heavy atom. The molecular formula is C25H26ORu+. The maximum atomic E-state index is 13.9. The van der Waals surface area contributed by atoms with E-state index < -0.39 is 5.41 Å². The Kier molecular flexibility index (Phi) is 4.49. The zero-order valence-corrected chi connectivity index (χ0v) is 17.9. The van der Waals surface area contributed by atoms with Crippen molar-refractivity contribution < 1.29 is 22.6 Å². The second-order valence-corrected chi connectivity index (χ2v) is 9.39. The number of fused-ring (bicyclic) bond motifs is 2. The van der Waals surface area contributed by atoms with Gasteiger partial charge in [0.15, 0.2) is 0 Å². The Bertz CT molecular complexity index is 868. The molecule has 3 unspecified atom stereocenters. The van der Waals surface area contributed by atoms with Crippen LogP contribution < -0.4 is 0 Å². The summed E-state index contributed by atoms with van der Waals surface area (Å²) in [4.78, 5) is 13.9. The summed E-state index contributed by atoms with van der Waals surface area (Å²) in [6, 6.07) is 21.1. The normalized spacial score (nSPS) is 28.8. The first-order chi connectivity index (χ1) is 12.9. The molecule has 2 aromatic rings. The Hall–Kier alpha value is -1.62. The Morgan fingerprint density at radius 1 is 1.00 bits per heavy atom. The molecule has 1 nitrogen and oxygen atoms in total. The second kappa shape index (κ2) is 6.47. The Balaban J connectivity index is 2.03. The van der Waals surface area contributed by atoms with Gasteiger partial charge in [0.05, 0.1) is 0 Å². The van der Waals surface area contributed by atoms with Gasteiger partial charge >= 0.3 is 172 Å². The van der Waals surface area contributed by atoms with Crippen molar-refractivity contribution in [2.75, 3.05) is 0 Å². The van der Waals surface area contributed by atoms with Crippen molar-refractivity contribution >= 4 is 10.0 Å². The molecule has 2 heteroatoms. The monoisotopic (exact) mass is 444 g/mol. The Labute approximate surface area is 172 Å². The van der Waals surface area contributed by atoms with Crippen LogP contribution in [0.5, 0.6) is 0 Å². The third-order valence-electron chi connectivity index (χ3n) is 7.81. The molecule has 27 heavy (non-hydrogen) atoms. The predicted molar refractivity (Wildman–Crippen MR) is 106 cm³/mol. The molecule has 0 saturated heterocycles. The molecule has 0 N–H and O–H groups in total. The number of hydrogen-bond acceptors (Lipinski definition) is 1. The maximum absolute atomic E-state index is 13.9. The van der Waals surface area contributed by atoms with Gasteiger partial charge in [0.1, 0.15) is 0 Å². The summed E-state index contributed by atoms with van der Waals surface area (Å²) >= 11 is 2.50. The van der Waals surface area contributed by atoms with E-state index in [1.165, 1.54) is 11.1 Å². The third-order valence-corrected chi connectivity index (χ3v) is 8.06. The average molecular weight is 444 g/mol. The quantitative estimate of drug-likeness (QED) is 0.600. The topological polar surface area (TPSA) is 17.1 Å². The van der Waals surface area contributed by atoms with E-state index in [0.717, 1.165) is 12.8 Å². The van der Waals surface area contributed by atoms with Crippen molar-refractivity contribution in [3.63, 3.8) is 0 Å². The van der Waals surface area contributed by atoms with Crippen molar-refractivity contribution in [2.24, 2.45) is 22.7 Å². The molecule has 2 aromatic carbocycles. The Morgan fingerprint density at radius 2 is 1.52 bits per heavy atom. The van der Waals surface area contributed by atoms with Crippen LogP contribution in [0.3, 0.4) is 0 Å². The van der Waals surface area contributed by atoms with Gasteiger partial charge in [-0.2, -0.15) is 0 Å². The second-order valence-electron chi connectivity index (χ2n) is 8.89. The fraction of sp³-hybridized carbons (Fsp3) is 0.400. The van der Waals surface area contributed by atoms with Crippen molar-refractivity contribution in [1.82, 2.24) is 0 Å². The molecule has 139 valence electrons. The molecule has 0 radical (unpaired) electrons. The number of rotatable bonds is 4. The van der Waals surface area contributed by atoms with Gasteiger partial charge in [0, 0.05) is 0 Å². The van der Waals surface area contributed by atoms with Crippen LogP contribution in [-0.4, -0.2) is 10.0 Å². The molecule has 3 atom stereocenters. The first-order valence-electron chi connectivity index (χ1n) is 9.74. The number of carbonyl (C=O) groups is 1. The number of hydrogen-bond donors (Lipinski definition) is 0. The van der Waals surface area contributed by atoms with Crippen molar-refractivity contribution in [1.29, 1.82) is 0 Å². The van der Waals surface area contributed by atoms with Crippen LogP contribution in [-0.2, 0) is 28.1 Å². The van der Waals surface area contributed by atoms with Crippen LogP contribution in [0.4, 0.5) is 0 Å². The third kappa shape index (κ3) is 2.40. The molecule has 0 amide bonds. The SMILES string of the molecule is CC12CCC(C(C(C=[C]=[Ru+])(c3ccccc3)c3ccccc3)C1=O)C2(C)C. The van der Waals surface area contributed by atoms with Gasteiger partial charge in [-0.25, -0.2) is 0 Å². The van der Waals surface area contributed by atoms with Crippen molar-refractivity contribution in [2.45, 2.75) is 39.0 Å². The molecular weight excluding hydrogens is 417 g/mol. The van der Waals surface area contributed by atoms with Crippen LogP contribution in [0.25, 0.3) is 0 Å². The number of ketones is 1. The number of Topliss-reactive ketones (excluding diaryl/α,β-unsaturated/α-hetero) is 1. The van der Waals surface area contributed by atoms with Crippen LogP contribution in [0.1, 0.15) is 44.7 Å². The molecule has 2 aliphatic rings. The van der Waals surface area contributed by atoms with Crippen LogP contribution in [0, 0.1) is 22.7 Å². The molecule has 0 spiro atoms. The average Bonchev–Trinajstić information content (AvgIpc) is 3.00. The molecule has 2 saturated carbocycles. The molecule has 0 aliphatic heterocycles. The van der Waals surface area contributed by atoms with E-state index in [2.05, 4.69) is 97.5 Å². The van der Waals surface area contributed by atoms with Gasteiger partial charge in [-0.15, -0.1) is 0 Å². The van der Waals surface area contributed by atoms with Crippen LogP contribution in [0.15, 0.2) is 66.7 Å². The minimum atomic E-state index is -0.481. The van der Waals surface area contributed by atoms with E-state index in [-0.39, 0.29) is 16.7 Å². The summed E-state index contributed by atoms with van der Waals surface area (Å²) in [5, 5.41) is 0. The van der Waals surface area contributed by atoms with Gasteiger partial charge < -0.3 is 0 Å². The summed E-state index contributed by atoms with van der Waals surface area (Å²) in [6.07, 6.45) is 4.26. The van der Waals surface area contributed by atoms with Crippen LogP contribution >= 0.6 is 0 Å². The van der Waals surface area contributed by atoms with E-state index in [1.54, 1.807) is 0 Å². The van der Waals surface area contributed by atoms with Gasteiger partial charge in [-0.05, 0) is 0 Å². The minimum absolute atomic E-state index is 0.0133. The summed E-state index contributed by atoms with van der Waals surface area (Å²) in [5.74, 6) is 0.729. The van der Waals surface area contributed by atoms with E-state index in [0.29, 0.717) is 11.7 Å². The van der Waals surface area contributed by atoms with E-state index in [1.807, 2.05) is 12.1 Å². The summed E-state index contributed by atoms with van der Waals surface area (Å²) in [7, 11) is 0. The number of allylic oxidation sites excluding steroid dienone is 1. The summed E-state index contributed by atoms with van der Waals surface area (Å²) < 4.78 is 3.26. The predicted octanol–water partition coefficient (Wildman–Crippen LogP) is 5.12. The summed E-state index contributed by atoms with van der Waals surface area (Å²) in [6.45, 7) is 6.81. The molecule has 4 rings (SSSR count). The number of benzene rings is 2. The standard InChI is InChI=1S/C25H26O.Ru/c1-5-25(18-12-8-6-9-13-18,19-14-10-7-11-15-19)21-20-16-17-24(4,22(21)26)23(20,2)3;/h5-15,20-21H,16-17H2,2-4H3;/q;+1. The fourth-order valence-corrected chi connectivity index (χ4v) is 6.30. The zero-order chi connectivity index (χ0) is 19.3. The van der Waals surface area contributed by atoms with E-state index in [9.17, 15) is 4.79 Å². The molecule has 2 fully saturated rings. The van der Waals surface area contributed by atoms with E-state index in [4.69, 9.17) is 0 Å². The summed E-state index contributed by atoms with van der Waals surface area (Å²) in [5.41, 5.74) is 1.65. The van der Waals surface area contributed by atoms with Crippen molar-refractivity contribution in [3.8, 4) is 0 Å².